The Kier molecular flexibility index (Phi) is 4.71. The Balaban J connectivity index is 1.63. The highest BCUT2D eigenvalue weighted by atomic mass is 19.1. The maximum absolute atomic E-state index is 13.7. The molecule has 2 heterocycles. The van der Waals surface area contributed by atoms with Crippen molar-refractivity contribution < 1.29 is 23.1 Å². The SMILES string of the molecule is Cc1ccc(CN(C)C(=O)NCc2cc(F)cc3c2OCOC3)o1. The van der Waals surface area contributed by atoms with Crippen LogP contribution in [-0.2, 0) is 24.4 Å². The Hall–Kier alpha value is -2.54. The topological polar surface area (TPSA) is 63.9 Å². The molecule has 0 aliphatic carbocycles. The van der Waals surface area contributed by atoms with Crippen LogP contribution in [0.25, 0.3) is 0 Å². The lowest BCUT2D eigenvalue weighted by atomic mass is 10.1. The number of ether oxygens (including phenoxy) is 2. The average Bonchev–Trinajstić information content (AvgIpc) is 2.97. The minimum atomic E-state index is -0.383. The summed E-state index contributed by atoms with van der Waals surface area (Å²) in [4.78, 5) is 13.7. The van der Waals surface area contributed by atoms with E-state index in [2.05, 4.69) is 5.32 Å². The van der Waals surface area contributed by atoms with Gasteiger partial charge >= 0.3 is 6.03 Å². The second-order valence-electron chi connectivity index (χ2n) is 5.69. The molecule has 24 heavy (non-hydrogen) atoms. The van der Waals surface area contributed by atoms with Gasteiger partial charge in [0.1, 0.15) is 23.1 Å². The fourth-order valence-electron chi connectivity index (χ4n) is 2.57. The largest absolute Gasteiger partial charge is 0.467 e. The van der Waals surface area contributed by atoms with Gasteiger partial charge in [0.05, 0.1) is 13.2 Å². The molecule has 1 N–H and O–H groups in total. The summed E-state index contributed by atoms with van der Waals surface area (Å²) in [6.45, 7) is 2.79. The Labute approximate surface area is 139 Å². The fraction of sp³-hybridized carbons (Fsp3) is 0.353. The quantitative estimate of drug-likeness (QED) is 0.934. The number of hydrogen-bond acceptors (Lipinski definition) is 4. The van der Waals surface area contributed by atoms with Crippen LogP contribution in [-0.4, -0.2) is 24.8 Å². The van der Waals surface area contributed by atoms with Crippen LogP contribution in [0.4, 0.5) is 9.18 Å². The lowest BCUT2D eigenvalue weighted by molar-refractivity contribution is -0.0173. The molecule has 3 rings (SSSR count). The van der Waals surface area contributed by atoms with Crippen LogP contribution in [0.1, 0.15) is 22.6 Å². The maximum atomic E-state index is 13.7. The van der Waals surface area contributed by atoms with Crippen LogP contribution in [0.3, 0.4) is 0 Å². The van der Waals surface area contributed by atoms with Crippen molar-refractivity contribution in [3.63, 3.8) is 0 Å². The number of aryl methyl sites for hydroxylation is 1. The summed E-state index contributed by atoms with van der Waals surface area (Å²) < 4.78 is 29.7. The molecule has 1 aliphatic rings. The number of hydrogen-bond donors (Lipinski definition) is 1. The number of urea groups is 1. The molecule has 6 nitrogen and oxygen atoms in total. The van der Waals surface area contributed by atoms with Gasteiger partial charge in [-0.05, 0) is 31.2 Å². The highest BCUT2D eigenvalue weighted by Gasteiger charge is 2.18. The first-order valence-electron chi connectivity index (χ1n) is 7.59. The summed E-state index contributed by atoms with van der Waals surface area (Å²) >= 11 is 0. The Bertz CT molecular complexity index is 744. The van der Waals surface area contributed by atoms with Gasteiger partial charge in [-0.1, -0.05) is 0 Å². The van der Waals surface area contributed by atoms with E-state index in [-0.39, 0.29) is 25.2 Å². The van der Waals surface area contributed by atoms with Crippen LogP contribution in [0.2, 0.25) is 0 Å². The third-order valence-corrected chi connectivity index (χ3v) is 3.72. The van der Waals surface area contributed by atoms with Gasteiger partial charge in [0.25, 0.3) is 0 Å². The van der Waals surface area contributed by atoms with Crippen LogP contribution in [0.5, 0.6) is 5.75 Å². The van der Waals surface area contributed by atoms with Gasteiger partial charge in [-0.15, -0.1) is 0 Å². The van der Waals surface area contributed by atoms with Crippen molar-refractivity contribution in [2.24, 2.45) is 0 Å². The molecule has 0 radical (unpaired) electrons. The average molecular weight is 334 g/mol. The minimum Gasteiger partial charge on any atom is -0.467 e. The lowest BCUT2D eigenvalue weighted by Gasteiger charge is -2.22. The normalized spacial score (nSPS) is 13.1. The number of nitrogens with zero attached hydrogens (tertiary/aromatic N) is 1. The monoisotopic (exact) mass is 334 g/mol. The van der Waals surface area contributed by atoms with Gasteiger partial charge in [-0.2, -0.15) is 0 Å². The fourth-order valence-corrected chi connectivity index (χ4v) is 2.57. The summed E-state index contributed by atoms with van der Waals surface area (Å²) in [5.41, 5.74) is 1.23. The minimum absolute atomic E-state index is 0.122. The standard InChI is InChI=1S/C17H19FN2O4/c1-11-3-4-15(24-11)8-20(2)17(21)19-7-12-5-14(18)6-13-9-22-10-23-16(12)13/h3-6H,7-10H2,1-2H3,(H,19,21). The molecule has 0 bridgehead atoms. The summed E-state index contributed by atoms with van der Waals surface area (Å²) in [5, 5.41) is 2.76. The summed E-state index contributed by atoms with van der Waals surface area (Å²) in [6, 6.07) is 6.13. The van der Waals surface area contributed by atoms with Crippen molar-refractivity contribution >= 4 is 6.03 Å². The maximum Gasteiger partial charge on any atom is 0.317 e. The van der Waals surface area contributed by atoms with Crippen molar-refractivity contribution in [2.75, 3.05) is 13.8 Å². The van der Waals surface area contributed by atoms with Crippen LogP contribution < -0.4 is 10.1 Å². The summed E-state index contributed by atoms with van der Waals surface area (Å²) in [6.07, 6.45) is 0. The molecule has 0 spiro atoms. The molecule has 0 atom stereocenters. The smallest absolute Gasteiger partial charge is 0.317 e. The zero-order valence-electron chi connectivity index (χ0n) is 13.6. The van der Waals surface area contributed by atoms with Gasteiger partial charge < -0.3 is 24.1 Å². The molecular formula is C17H19FN2O4. The zero-order chi connectivity index (χ0) is 17.1. The molecule has 0 saturated carbocycles. The van der Waals surface area contributed by atoms with Gasteiger partial charge in [0, 0.05) is 24.7 Å². The number of halogens is 1. The second-order valence-corrected chi connectivity index (χ2v) is 5.69. The van der Waals surface area contributed by atoms with Crippen LogP contribution >= 0.6 is 0 Å². The van der Waals surface area contributed by atoms with E-state index in [1.807, 2.05) is 19.1 Å². The first kappa shape index (κ1) is 16.3. The summed E-state index contributed by atoms with van der Waals surface area (Å²) in [7, 11) is 1.67. The number of furan rings is 1. The number of rotatable bonds is 4. The Morgan fingerprint density at radius 1 is 1.38 bits per heavy atom. The number of carbonyl (C=O) groups is 1. The molecule has 1 aromatic heterocycles. The number of benzene rings is 1. The van der Waals surface area contributed by atoms with E-state index in [0.717, 1.165) is 5.76 Å². The third kappa shape index (κ3) is 3.68. The first-order valence-corrected chi connectivity index (χ1v) is 7.59. The third-order valence-electron chi connectivity index (χ3n) is 3.72. The van der Waals surface area contributed by atoms with Gasteiger partial charge in [0.15, 0.2) is 6.79 Å². The molecular weight excluding hydrogens is 315 g/mol. The van der Waals surface area contributed by atoms with E-state index in [4.69, 9.17) is 13.9 Å². The zero-order valence-corrected chi connectivity index (χ0v) is 13.6. The van der Waals surface area contributed by atoms with Crippen molar-refractivity contribution in [2.45, 2.75) is 26.6 Å². The second kappa shape index (κ2) is 6.92. The van der Waals surface area contributed by atoms with Crippen molar-refractivity contribution in [3.8, 4) is 5.75 Å². The predicted molar refractivity (Wildman–Crippen MR) is 83.8 cm³/mol. The highest BCUT2D eigenvalue weighted by Crippen LogP contribution is 2.29. The van der Waals surface area contributed by atoms with E-state index < -0.39 is 0 Å². The van der Waals surface area contributed by atoms with E-state index in [1.54, 1.807) is 7.05 Å². The first-order chi connectivity index (χ1) is 11.5. The molecule has 0 unspecified atom stereocenters. The number of nitrogens with one attached hydrogen (secondary N) is 1. The molecule has 2 amide bonds. The van der Waals surface area contributed by atoms with Crippen molar-refractivity contribution in [1.29, 1.82) is 0 Å². The Morgan fingerprint density at radius 2 is 2.21 bits per heavy atom. The highest BCUT2D eigenvalue weighted by molar-refractivity contribution is 5.73. The van der Waals surface area contributed by atoms with Crippen molar-refractivity contribution in [1.82, 2.24) is 10.2 Å². The van der Waals surface area contributed by atoms with E-state index in [1.165, 1.54) is 17.0 Å². The predicted octanol–water partition coefficient (Wildman–Crippen LogP) is 2.94. The molecule has 1 aromatic carbocycles. The Morgan fingerprint density at radius 3 is 2.96 bits per heavy atom. The molecule has 0 saturated heterocycles. The van der Waals surface area contributed by atoms with Gasteiger partial charge in [-0.3, -0.25) is 0 Å². The van der Waals surface area contributed by atoms with Crippen LogP contribution in [0, 0.1) is 12.7 Å². The van der Waals surface area contributed by atoms with E-state index in [0.29, 0.717) is 35.8 Å². The lowest BCUT2D eigenvalue weighted by Crippen LogP contribution is -2.36. The molecule has 1 aliphatic heterocycles. The number of carbonyl (C=O) groups excluding carboxylic acids is 1. The van der Waals surface area contributed by atoms with Crippen molar-refractivity contribution in [3.05, 3.63) is 52.7 Å². The molecule has 128 valence electrons. The van der Waals surface area contributed by atoms with Crippen LogP contribution in [0.15, 0.2) is 28.7 Å². The molecule has 2 aromatic rings. The van der Waals surface area contributed by atoms with Gasteiger partial charge in [-0.25, -0.2) is 9.18 Å². The number of fused-ring (bicyclic) bond motifs is 1. The van der Waals surface area contributed by atoms with E-state index >= 15 is 0 Å². The summed E-state index contributed by atoms with van der Waals surface area (Å²) in [5.74, 6) is 1.69. The van der Waals surface area contributed by atoms with E-state index in [9.17, 15) is 9.18 Å². The molecule has 0 fully saturated rings. The molecule has 7 heteroatoms. The number of amides is 2. The van der Waals surface area contributed by atoms with Gasteiger partial charge in [0.2, 0.25) is 0 Å².